The van der Waals surface area contributed by atoms with Crippen LogP contribution in [0.25, 0.3) is 0 Å². The van der Waals surface area contributed by atoms with E-state index in [2.05, 4.69) is 16.7 Å². The largest absolute Gasteiger partial charge is 0.497 e. The van der Waals surface area contributed by atoms with Gasteiger partial charge < -0.3 is 19.1 Å². The van der Waals surface area contributed by atoms with Crippen molar-refractivity contribution in [3.63, 3.8) is 0 Å². The minimum absolute atomic E-state index is 0.000526. The fourth-order valence-corrected chi connectivity index (χ4v) is 5.26. The van der Waals surface area contributed by atoms with Crippen LogP contribution in [0, 0.1) is 0 Å². The summed E-state index contributed by atoms with van der Waals surface area (Å²) in [7, 11) is 1.67. The molecule has 0 unspecified atom stereocenters. The van der Waals surface area contributed by atoms with E-state index >= 15 is 0 Å². The normalized spacial score (nSPS) is 11.5. The minimum atomic E-state index is -0.495. The quantitative estimate of drug-likeness (QED) is 0.202. The minimum Gasteiger partial charge on any atom is -0.497 e. The average Bonchev–Trinajstić information content (AvgIpc) is 3.41. The van der Waals surface area contributed by atoms with Gasteiger partial charge in [0.15, 0.2) is 0 Å². The second kappa shape index (κ2) is 13.6. The van der Waals surface area contributed by atoms with Gasteiger partial charge in [-0.2, -0.15) is 0 Å². The second-order valence-electron chi connectivity index (χ2n) is 11.9. The van der Waals surface area contributed by atoms with Gasteiger partial charge in [0.1, 0.15) is 12.3 Å². The fourth-order valence-electron chi connectivity index (χ4n) is 5.26. The van der Waals surface area contributed by atoms with E-state index in [0.717, 1.165) is 28.1 Å². The van der Waals surface area contributed by atoms with E-state index in [4.69, 9.17) is 4.74 Å². The third-order valence-electron chi connectivity index (χ3n) is 7.57. The molecule has 0 fully saturated rings. The molecule has 2 amide bonds. The Morgan fingerprint density at radius 3 is 2.00 bits per heavy atom. The molecule has 0 saturated heterocycles. The van der Waals surface area contributed by atoms with Gasteiger partial charge in [-0.1, -0.05) is 72.8 Å². The van der Waals surface area contributed by atoms with Crippen molar-refractivity contribution >= 4 is 11.8 Å². The van der Waals surface area contributed by atoms with E-state index in [0.29, 0.717) is 13.1 Å². The topological polar surface area (TPSA) is 54.8 Å². The van der Waals surface area contributed by atoms with Crippen LogP contribution in [0.3, 0.4) is 0 Å². The lowest BCUT2D eigenvalue weighted by Crippen LogP contribution is -2.52. The number of methoxy groups -OCH3 is 1. The van der Waals surface area contributed by atoms with E-state index < -0.39 is 11.5 Å². The zero-order chi connectivity index (χ0) is 30.3. The van der Waals surface area contributed by atoms with E-state index in [9.17, 15) is 9.59 Å². The maximum atomic E-state index is 14.3. The molecule has 0 aliphatic carbocycles. The van der Waals surface area contributed by atoms with Gasteiger partial charge in [0.25, 0.3) is 0 Å². The van der Waals surface area contributed by atoms with E-state index in [1.54, 1.807) is 12.0 Å². The summed E-state index contributed by atoms with van der Waals surface area (Å²) in [6.07, 6.45) is 2.04. The average molecular weight is 566 g/mol. The molecule has 1 aromatic heterocycles. The van der Waals surface area contributed by atoms with Crippen LogP contribution in [-0.2, 0) is 22.7 Å². The lowest BCUT2D eigenvalue weighted by Gasteiger charge is -2.39. The first-order valence-electron chi connectivity index (χ1n) is 14.6. The molecule has 6 nitrogen and oxygen atoms in total. The van der Waals surface area contributed by atoms with Crippen LogP contribution in [0.2, 0.25) is 0 Å². The number of hydrogen-bond acceptors (Lipinski definition) is 3. The highest BCUT2D eigenvalue weighted by atomic mass is 16.5. The van der Waals surface area contributed by atoms with E-state index in [1.165, 1.54) is 0 Å². The van der Waals surface area contributed by atoms with Crippen molar-refractivity contribution in [2.75, 3.05) is 13.7 Å². The summed E-state index contributed by atoms with van der Waals surface area (Å²) < 4.78 is 7.56. The van der Waals surface area contributed by atoms with Gasteiger partial charge in [0, 0.05) is 30.0 Å². The Hall–Kier alpha value is -4.32. The number of carbonyl (C=O) groups excluding carboxylic acids is 2. The van der Waals surface area contributed by atoms with Crippen molar-refractivity contribution in [1.82, 2.24) is 14.4 Å². The Morgan fingerprint density at radius 1 is 0.833 bits per heavy atom. The van der Waals surface area contributed by atoms with Crippen LogP contribution in [0.4, 0.5) is 0 Å². The third-order valence-corrected chi connectivity index (χ3v) is 7.57. The van der Waals surface area contributed by atoms with Crippen LogP contribution < -0.4 is 4.74 Å². The molecule has 42 heavy (non-hydrogen) atoms. The van der Waals surface area contributed by atoms with Crippen molar-refractivity contribution < 1.29 is 14.3 Å². The summed E-state index contributed by atoms with van der Waals surface area (Å²) in [5, 5.41) is 0. The molecule has 0 spiro atoms. The molecule has 220 valence electrons. The number of aromatic nitrogens is 1. The zero-order valence-electron chi connectivity index (χ0n) is 25.7. The van der Waals surface area contributed by atoms with Crippen LogP contribution in [0.15, 0.2) is 103 Å². The Bertz CT molecular complexity index is 1420. The van der Waals surface area contributed by atoms with Crippen molar-refractivity contribution in [3.8, 4) is 5.75 Å². The molecule has 4 rings (SSSR count). The summed E-state index contributed by atoms with van der Waals surface area (Å²) in [6.45, 7) is 11.2. The van der Waals surface area contributed by atoms with Crippen molar-refractivity contribution in [1.29, 1.82) is 0 Å². The summed E-state index contributed by atoms with van der Waals surface area (Å²) >= 11 is 0. The van der Waals surface area contributed by atoms with Gasteiger partial charge in [0.2, 0.25) is 11.8 Å². The maximum absolute atomic E-state index is 14.3. The van der Waals surface area contributed by atoms with Gasteiger partial charge in [0.05, 0.1) is 19.6 Å². The number of amides is 2. The highest BCUT2D eigenvalue weighted by Gasteiger charge is 2.34. The van der Waals surface area contributed by atoms with Gasteiger partial charge in [-0.15, -0.1) is 0 Å². The van der Waals surface area contributed by atoms with Gasteiger partial charge in [-0.25, -0.2) is 0 Å². The number of hydrogen-bond donors (Lipinski definition) is 0. The molecule has 0 N–H and O–H groups in total. The van der Waals surface area contributed by atoms with Gasteiger partial charge in [-0.3, -0.25) is 9.59 Å². The second-order valence-corrected chi connectivity index (χ2v) is 11.9. The van der Waals surface area contributed by atoms with Crippen molar-refractivity contribution in [3.05, 3.63) is 126 Å². The summed E-state index contributed by atoms with van der Waals surface area (Å²) in [6, 6.07) is 31.5. The number of ether oxygens (including phenoxy) is 1. The molecule has 0 aliphatic heterocycles. The van der Waals surface area contributed by atoms with Crippen molar-refractivity contribution in [2.24, 2.45) is 0 Å². The molecular formula is C36H43N3O3. The molecule has 0 saturated carbocycles. The van der Waals surface area contributed by atoms with Crippen LogP contribution in [-0.4, -0.2) is 51.4 Å². The Kier molecular flexibility index (Phi) is 9.89. The van der Waals surface area contributed by atoms with Crippen molar-refractivity contribution in [2.45, 2.75) is 65.2 Å². The van der Waals surface area contributed by atoms with Crippen LogP contribution in [0.1, 0.15) is 62.9 Å². The predicted molar refractivity (Wildman–Crippen MR) is 168 cm³/mol. The fraction of sp³-hybridized carbons (Fsp3) is 0.333. The Balaban J connectivity index is 1.59. The lowest BCUT2D eigenvalue weighted by molar-refractivity contribution is -0.145. The molecule has 0 aliphatic rings. The third kappa shape index (κ3) is 7.49. The number of benzene rings is 3. The molecule has 0 bridgehead atoms. The summed E-state index contributed by atoms with van der Waals surface area (Å²) in [4.78, 5) is 32.0. The molecule has 3 aromatic carbocycles. The maximum Gasteiger partial charge on any atom is 0.242 e. The first-order valence-corrected chi connectivity index (χ1v) is 14.6. The molecular weight excluding hydrogens is 522 g/mol. The number of rotatable bonds is 11. The molecule has 6 heteroatoms. The molecule has 0 radical (unpaired) electrons. The number of nitrogens with zero attached hydrogens (tertiary/aromatic N) is 3. The van der Waals surface area contributed by atoms with E-state index in [-0.39, 0.29) is 24.4 Å². The van der Waals surface area contributed by atoms with Crippen LogP contribution in [0.5, 0.6) is 5.75 Å². The first-order chi connectivity index (χ1) is 20.1. The number of carbonyl (C=O) groups is 2. The summed E-state index contributed by atoms with van der Waals surface area (Å²) in [5.41, 5.74) is 3.51. The smallest absolute Gasteiger partial charge is 0.242 e. The Morgan fingerprint density at radius 2 is 1.45 bits per heavy atom. The van der Waals surface area contributed by atoms with Crippen LogP contribution >= 0.6 is 0 Å². The lowest BCUT2D eigenvalue weighted by atomic mass is 9.89. The SMILES string of the molecule is COc1cccc(Cn2cccc2CN(C(=O)CN(C(=O)C(c2ccccc2)c2ccccc2)C(C)C)C(C)(C)C)c1. The highest BCUT2D eigenvalue weighted by molar-refractivity contribution is 5.91. The predicted octanol–water partition coefficient (Wildman–Crippen LogP) is 6.74. The van der Waals surface area contributed by atoms with Gasteiger partial charge >= 0.3 is 0 Å². The van der Waals surface area contributed by atoms with E-state index in [1.807, 2.05) is 131 Å². The highest BCUT2D eigenvalue weighted by Crippen LogP contribution is 2.28. The Labute approximate surface area is 250 Å². The molecule has 1 heterocycles. The molecule has 0 atom stereocenters. The summed E-state index contributed by atoms with van der Waals surface area (Å²) in [5.74, 6) is 0.158. The first kappa shape index (κ1) is 30.6. The monoisotopic (exact) mass is 565 g/mol. The molecule has 4 aromatic rings. The zero-order valence-corrected chi connectivity index (χ0v) is 25.7. The standard InChI is InChI=1S/C36H43N3O3/c1-27(2)38(35(41)34(29-16-9-7-10-17-29)30-18-11-8-12-19-30)26-33(40)39(36(3,4)5)25-31-20-14-22-37(31)24-28-15-13-21-32(23-28)42-6/h7-23,27,34H,24-26H2,1-6H3. The van der Waals surface area contributed by atoms with Gasteiger partial charge in [-0.05, 0) is 75.6 Å².